The van der Waals surface area contributed by atoms with Gasteiger partial charge in [-0.25, -0.2) is 14.7 Å². The van der Waals surface area contributed by atoms with E-state index in [1.165, 1.54) is 5.56 Å². The molecule has 0 saturated carbocycles. The van der Waals surface area contributed by atoms with Crippen LogP contribution in [-0.2, 0) is 0 Å². The first-order chi connectivity index (χ1) is 19.1. The van der Waals surface area contributed by atoms with E-state index in [0.717, 1.165) is 55.7 Å². The number of halogens is 1. The summed E-state index contributed by atoms with van der Waals surface area (Å²) >= 11 is 3.61. The van der Waals surface area contributed by atoms with Crippen molar-refractivity contribution in [2.45, 2.75) is 19.9 Å². The molecule has 39 heavy (non-hydrogen) atoms. The van der Waals surface area contributed by atoms with E-state index < -0.39 is 0 Å². The molecule has 7 rings (SSSR count). The van der Waals surface area contributed by atoms with Gasteiger partial charge in [0.15, 0.2) is 17.5 Å². The maximum absolute atomic E-state index is 5.29. The SMILES string of the molecule is Cc1ccc(NC2=Nc3ccccc3N3C2=Nc2c(c(C)nn2-c2ccccc2)C3c2ccc(Br)cc2)cc1. The van der Waals surface area contributed by atoms with Crippen LogP contribution in [0.4, 0.5) is 22.9 Å². The molecule has 2 aliphatic rings. The van der Waals surface area contributed by atoms with E-state index >= 15 is 0 Å². The monoisotopic (exact) mass is 572 g/mol. The summed E-state index contributed by atoms with van der Waals surface area (Å²) in [5.74, 6) is 2.27. The van der Waals surface area contributed by atoms with E-state index in [2.05, 4.69) is 119 Å². The Hall–Kier alpha value is -4.49. The van der Waals surface area contributed by atoms with E-state index in [1.807, 2.05) is 28.9 Å². The second-order valence-electron chi connectivity index (χ2n) is 9.77. The van der Waals surface area contributed by atoms with Gasteiger partial charge in [-0.15, -0.1) is 0 Å². The first-order valence-electron chi connectivity index (χ1n) is 12.9. The predicted octanol–water partition coefficient (Wildman–Crippen LogP) is 8.05. The third-order valence-corrected chi connectivity index (χ3v) is 7.67. The summed E-state index contributed by atoms with van der Waals surface area (Å²) in [5.41, 5.74) is 8.20. The second kappa shape index (κ2) is 9.36. The Morgan fingerprint density at radius 1 is 0.769 bits per heavy atom. The van der Waals surface area contributed by atoms with Crippen LogP contribution in [0, 0.1) is 13.8 Å². The van der Waals surface area contributed by atoms with Crippen LogP contribution >= 0.6 is 15.9 Å². The Morgan fingerprint density at radius 2 is 1.49 bits per heavy atom. The fraction of sp³-hybridized carbons (Fsp3) is 0.0938. The van der Waals surface area contributed by atoms with Gasteiger partial charge in [0.2, 0.25) is 0 Å². The average molecular weight is 573 g/mol. The van der Waals surface area contributed by atoms with Crippen LogP contribution in [0.2, 0.25) is 0 Å². The van der Waals surface area contributed by atoms with Gasteiger partial charge in [0.25, 0.3) is 0 Å². The predicted molar refractivity (Wildman–Crippen MR) is 162 cm³/mol. The molecule has 2 aliphatic heterocycles. The highest BCUT2D eigenvalue weighted by Gasteiger charge is 2.41. The first kappa shape index (κ1) is 23.6. The van der Waals surface area contributed by atoms with Gasteiger partial charge in [-0.2, -0.15) is 5.10 Å². The number of hydrogen-bond acceptors (Lipinski definition) is 5. The minimum absolute atomic E-state index is 0.149. The molecule has 0 spiro atoms. The smallest absolute Gasteiger partial charge is 0.179 e. The maximum atomic E-state index is 5.29. The summed E-state index contributed by atoms with van der Waals surface area (Å²) in [6, 6.07) is 35.1. The van der Waals surface area contributed by atoms with Crippen molar-refractivity contribution in [2.75, 3.05) is 10.2 Å². The van der Waals surface area contributed by atoms with Gasteiger partial charge in [0.05, 0.1) is 28.8 Å². The van der Waals surface area contributed by atoms with Gasteiger partial charge >= 0.3 is 0 Å². The largest absolute Gasteiger partial charge is 0.337 e. The van der Waals surface area contributed by atoms with Gasteiger partial charge in [-0.05, 0) is 67.9 Å². The molecule has 190 valence electrons. The molecule has 5 aromatic rings. The molecular formula is C32H25BrN6. The van der Waals surface area contributed by atoms with Gasteiger partial charge in [-0.1, -0.05) is 76.1 Å². The zero-order chi connectivity index (χ0) is 26.5. The number of amidine groups is 2. The second-order valence-corrected chi connectivity index (χ2v) is 10.7. The number of anilines is 2. The summed E-state index contributed by atoms with van der Waals surface area (Å²) < 4.78 is 2.99. The van der Waals surface area contributed by atoms with Crippen LogP contribution in [0.5, 0.6) is 0 Å². The number of nitrogens with one attached hydrogen (secondary N) is 1. The van der Waals surface area contributed by atoms with Crippen molar-refractivity contribution in [3.8, 4) is 5.69 Å². The lowest BCUT2D eigenvalue weighted by atomic mass is 9.93. The molecule has 3 heterocycles. The lowest BCUT2D eigenvalue weighted by Crippen LogP contribution is -2.46. The van der Waals surface area contributed by atoms with E-state index in [9.17, 15) is 0 Å². The third kappa shape index (κ3) is 4.06. The summed E-state index contributed by atoms with van der Waals surface area (Å²) in [5, 5.41) is 8.57. The molecule has 7 heteroatoms. The summed E-state index contributed by atoms with van der Waals surface area (Å²) in [7, 11) is 0. The van der Waals surface area contributed by atoms with Crippen LogP contribution in [0.15, 0.2) is 118 Å². The van der Waals surface area contributed by atoms with Crippen molar-refractivity contribution in [3.63, 3.8) is 0 Å². The molecule has 6 nitrogen and oxygen atoms in total. The molecule has 1 N–H and O–H groups in total. The maximum Gasteiger partial charge on any atom is 0.179 e. The van der Waals surface area contributed by atoms with Crippen LogP contribution in [0.25, 0.3) is 5.69 Å². The van der Waals surface area contributed by atoms with Crippen molar-refractivity contribution in [1.29, 1.82) is 0 Å². The average Bonchev–Trinajstić information content (AvgIpc) is 3.30. The van der Waals surface area contributed by atoms with Crippen LogP contribution < -0.4 is 10.2 Å². The van der Waals surface area contributed by atoms with Gasteiger partial charge in [0, 0.05) is 15.7 Å². The van der Waals surface area contributed by atoms with Crippen LogP contribution in [0.1, 0.15) is 28.4 Å². The minimum atomic E-state index is -0.149. The summed E-state index contributed by atoms with van der Waals surface area (Å²) in [6.07, 6.45) is 0. The van der Waals surface area contributed by atoms with Gasteiger partial charge < -0.3 is 10.2 Å². The Balaban J connectivity index is 1.49. The number of aromatic nitrogens is 2. The molecule has 0 saturated heterocycles. The first-order valence-corrected chi connectivity index (χ1v) is 13.7. The zero-order valence-electron chi connectivity index (χ0n) is 21.5. The number of hydrogen-bond donors (Lipinski definition) is 1. The molecule has 4 aromatic carbocycles. The highest BCUT2D eigenvalue weighted by atomic mass is 79.9. The molecule has 1 atom stereocenters. The van der Waals surface area contributed by atoms with Gasteiger partial charge in [0.1, 0.15) is 0 Å². The number of para-hydroxylation sites is 3. The van der Waals surface area contributed by atoms with Crippen molar-refractivity contribution < 1.29 is 0 Å². The van der Waals surface area contributed by atoms with Crippen molar-refractivity contribution >= 4 is 50.5 Å². The lowest BCUT2D eigenvalue weighted by molar-refractivity contribution is 0.815. The van der Waals surface area contributed by atoms with Crippen LogP contribution in [0.3, 0.4) is 0 Å². The van der Waals surface area contributed by atoms with Crippen LogP contribution in [-0.4, -0.2) is 21.5 Å². The lowest BCUT2D eigenvalue weighted by Gasteiger charge is -2.40. The third-order valence-electron chi connectivity index (χ3n) is 7.14. The standard InChI is InChI=1S/C32H25BrN6/c1-20-12-18-24(19-13-20)34-30-32-36-31-28(21(2)37-39(31)25-8-4-3-5-9-25)29(22-14-16-23(33)17-15-22)38(32)27-11-7-6-10-26(27)35-30/h3-19,29H,1-2H3,(H,34,35). The van der Waals surface area contributed by atoms with Gasteiger partial charge in [-0.3, -0.25) is 0 Å². The Bertz CT molecular complexity index is 1750. The topological polar surface area (TPSA) is 57.8 Å². The fourth-order valence-electron chi connectivity index (χ4n) is 5.28. The van der Waals surface area contributed by atoms with E-state index in [0.29, 0.717) is 5.84 Å². The van der Waals surface area contributed by atoms with E-state index in [-0.39, 0.29) is 6.04 Å². The molecule has 0 aliphatic carbocycles. The number of nitrogens with zero attached hydrogens (tertiary/aromatic N) is 5. The molecule has 0 bridgehead atoms. The Morgan fingerprint density at radius 3 is 2.26 bits per heavy atom. The van der Waals surface area contributed by atoms with E-state index in [1.54, 1.807) is 0 Å². The molecule has 0 amide bonds. The zero-order valence-corrected chi connectivity index (χ0v) is 23.1. The van der Waals surface area contributed by atoms with E-state index in [4.69, 9.17) is 15.1 Å². The number of aliphatic imine (C=N–C) groups is 2. The Kier molecular flexibility index (Phi) is 5.67. The minimum Gasteiger partial charge on any atom is -0.337 e. The number of fused-ring (bicyclic) bond motifs is 4. The fourth-order valence-corrected chi connectivity index (χ4v) is 5.55. The summed E-state index contributed by atoms with van der Waals surface area (Å²) in [6.45, 7) is 4.16. The van der Waals surface area contributed by atoms with Crippen molar-refractivity contribution in [3.05, 3.63) is 130 Å². The summed E-state index contributed by atoms with van der Waals surface area (Å²) in [4.78, 5) is 12.7. The molecule has 1 unspecified atom stereocenters. The van der Waals surface area contributed by atoms with Crippen molar-refractivity contribution in [2.24, 2.45) is 9.98 Å². The number of benzene rings is 4. The number of rotatable bonds is 3. The highest BCUT2D eigenvalue weighted by molar-refractivity contribution is 9.10. The normalized spacial score (nSPS) is 15.6. The molecular weight excluding hydrogens is 548 g/mol. The van der Waals surface area contributed by atoms with Crippen molar-refractivity contribution in [1.82, 2.24) is 9.78 Å². The Labute approximate surface area is 235 Å². The molecule has 0 fully saturated rings. The quantitative estimate of drug-likeness (QED) is 0.238. The molecule has 0 radical (unpaired) electrons. The molecule has 1 aromatic heterocycles. The number of aryl methyl sites for hydroxylation is 2. The highest BCUT2D eigenvalue weighted by Crippen LogP contribution is 2.48.